The van der Waals surface area contributed by atoms with Gasteiger partial charge in [0.25, 0.3) is 0 Å². The zero-order valence-electron chi connectivity index (χ0n) is 18.5. The predicted molar refractivity (Wildman–Crippen MR) is 137 cm³/mol. The fourth-order valence-electron chi connectivity index (χ4n) is 3.63. The summed E-state index contributed by atoms with van der Waals surface area (Å²) in [6.45, 7) is 2.02. The highest BCUT2D eigenvalue weighted by Crippen LogP contribution is 2.32. The molecule has 9 heteroatoms. The lowest BCUT2D eigenvalue weighted by atomic mass is 10.2. The zero-order valence-corrected chi connectivity index (χ0v) is 20.1. The van der Waals surface area contributed by atoms with Crippen LogP contribution in [0.1, 0.15) is 11.3 Å². The Kier molecular flexibility index (Phi) is 6.27. The minimum Gasteiger partial charge on any atom is -0.443 e. The number of nitrogens with one attached hydrogen (secondary N) is 1. The summed E-state index contributed by atoms with van der Waals surface area (Å²) in [6.07, 6.45) is 0. The van der Waals surface area contributed by atoms with Gasteiger partial charge in [-0.2, -0.15) is 5.26 Å². The Bertz CT molecular complexity index is 1570. The average Bonchev–Trinajstić information content (AvgIpc) is 3.45. The van der Waals surface area contributed by atoms with Gasteiger partial charge in [0.05, 0.1) is 5.75 Å². The molecular weight excluding hydrogens is 482 g/mol. The number of halogens is 1. The highest BCUT2D eigenvalue weighted by Gasteiger charge is 2.20. The van der Waals surface area contributed by atoms with Crippen LogP contribution in [0.3, 0.4) is 0 Å². The third-order valence-electron chi connectivity index (χ3n) is 5.32. The van der Waals surface area contributed by atoms with Crippen molar-refractivity contribution in [2.75, 3.05) is 11.1 Å². The second-order valence-electron chi connectivity index (χ2n) is 7.74. The predicted octanol–water partition coefficient (Wildman–Crippen LogP) is 6.24. The number of anilines is 1. The van der Waals surface area contributed by atoms with Gasteiger partial charge >= 0.3 is 0 Å². The fourth-order valence-corrected chi connectivity index (χ4v) is 4.51. The Balaban J connectivity index is 1.43. The summed E-state index contributed by atoms with van der Waals surface area (Å²) in [7, 11) is 0. The maximum atomic E-state index is 12.8. The number of carbonyl (C=O) groups excluding carboxylic acids is 1. The van der Waals surface area contributed by atoms with Gasteiger partial charge in [-0.05, 0) is 55.5 Å². The van der Waals surface area contributed by atoms with E-state index in [1.54, 1.807) is 24.3 Å². The van der Waals surface area contributed by atoms with E-state index < -0.39 is 0 Å². The quantitative estimate of drug-likeness (QED) is 0.277. The molecule has 0 saturated heterocycles. The number of carbonyl (C=O) groups is 1. The molecule has 5 rings (SSSR count). The van der Waals surface area contributed by atoms with E-state index in [-0.39, 0.29) is 17.4 Å². The molecular formula is C26H18ClN5O2S. The molecule has 0 aliphatic carbocycles. The van der Waals surface area contributed by atoms with Gasteiger partial charge in [0.1, 0.15) is 17.3 Å². The Morgan fingerprint density at radius 3 is 2.57 bits per heavy atom. The first-order chi connectivity index (χ1) is 17.0. The SMILES string of the molecule is Cc1ccc(-n2c(SCC(=O)Nc3c(C#N)oc4ccccc34)nnc2-c2ccc(Cl)cc2)cc1. The fraction of sp³-hybridized carbons (Fsp3) is 0.0769. The number of para-hydroxylation sites is 1. The molecule has 0 aliphatic rings. The molecule has 7 nitrogen and oxygen atoms in total. The summed E-state index contributed by atoms with van der Waals surface area (Å²) in [5.41, 5.74) is 3.77. The smallest absolute Gasteiger partial charge is 0.234 e. The monoisotopic (exact) mass is 499 g/mol. The third kappa shape index (κ3) is 4.64. The van der Waals surface area contributed by atoms with Crippen molar-refractivity contribution in [1.82, 2.24) is 14.8 Å². The first-order valence-electron chi connectivity index (χ1n) is 10.7. The second kappa shape index (κ2) is 9.66. The summed E-state index contributed by atoms with van der Waals surface area (Å²) in [5, 5.41) is 22.9. The number of hydrogen-bond donors (Lipinski definition) is 1. The van der Waals surface area contributed by atoms with E-state index in [1.165, 1.54) is 11.8 Å². The number of aryl methyl sites for hydroxylation is 1. The van der Waals surface area contributed by atoms with Crippen molar-refractivity contribution in [1.29, 1.82) is 5.26 Å². The maximum absolute atomic E-state index is 12.8. The largest absolute Gasteiger partial charge is 0.443 e. The number of hydrogen-bond acceptors (Lipinski definition) is 6. The zero-order chi connectivity index (χ0) is 24.4. The highest BCUT2D eigenvalue weighted by molar-refractivity contribution is 7.99. The number of nitriles is 1. The number of benzene rings is 3. The molecule has 5 aromatic rings. The molecule has 0 aliphatic heterocycles. The minimum atomic E-state index is -0.287. The van der Waals surface area contributed by atoms with Gasteiger partial charge in [-0.15, -0.1) is 10.2 Å². The van der Waals surface area contributed by atoms with Crippen molar-refractivity contribution >= 4 is 45.9 Å². The molecule has 0 atom stereocenters. The summed E-state index contributed by atoms with van der Waals surface area (Å²) in [5.74, 6) is 0.484. The summed E-state index contributed by atoms with van der Waals surface area (Å²) >= 11 is 7.31. The molecule has 35 heavy (non-hydrogen) atoms. The molecule has 172 valence electrons. The van der Waals surface area contributed by atoms with Crippen LogP contribution >= 0.6 is 23.4 Å². The Hall–Kier alpha value is -4.06. The number of nitrogens with zero attached hydrogens (tertiary/aromatic N) is 4. The van der Waals surface area contributed by atoms with E-state index in [1.807, 2.05) is 66.1 Å². The van der Waals surface area contributed by atoms with Crippen LogP contribution in [0.25, 0.3) is 28.0 Å². The van der Waals surface area contributed by atoms with Crippen LogP contribution in [0.4, 0.5) is 5.69 Å². The van der Waals surface area contributed by atoms with Crippen LogP contribution in [-0.2, 0) is 4.79 Å². The van der Waals surface area contributed by atoms with E-state index in [2.05, 4.69) is 15.5 Å². The minimum absolute atomic E-state index is 0.0645. The summed E-state index contributed by atoms with van der Waals surface area (Å²) in [4.78, 5) is 12.8. The Morgan fingerprint density at radius 2 is 1.83 bits per heavy atom. The molecule has 0 spiro atoms. The lowest BCUT2D eigenvalue weighted by molar-refractivity contribution is -0.113. The molecule has 1 N–H and O–H groups in total. The Morgan fingerprint density at radius 1 is 1.09 bits per heavy atom. The molecule has 0 bridgehead atoms. The van der Waals surface area contributed by atoms with Gasteiger partial charge in [-0.25, -0.2) is 0 Å². The van der Waals surface area contributed by atoms with Crippen molar-refractivity contribution in [3.8, 4) is 23.1 Å². The number of fused-ring (bicyclic) bond motifs is 1. The van der Waals surface area contributed by atoms with Crippen LogP contribution < -0.4 is 5.32 Å². The van der Waals surface area contributed by atoms with E-state index in [9.17, 15) is 10.1 Å². The number of rotatable bonds is 6. The highest BCUT2D eigenvalue weighted by atomic mass is 35.5. The van der Waals surface area contributed by atoms with Crippen LogP contribution in [0.15, 0.2) is 82.4 Å². The van der Waals surface area contributed by atoms with Crippen LogP contribution in [0.2, 0.25) is 5.02 Å². The van der Waals surface area contributed by atoms with E-state index in [0.29, 0.717) is 32.7 Å². The van der Waals surface area contributed by atoms with Crippen molar-refractivity contribution in [3.63, 3.8) is 0 Å². The van der Waals surface area contributed by atoms with Crippen molar-refractivity contribution in [3.05, 3.63) is 89.1 Å². The van der Waals surface area contributed by atoms with Crippen molar-refractivity contribution in [2.24, 2.45) is 0 Å². The number of thioether (sulfide) groups is 1. The van der Waals surface area contributed by atoms with Gasteiger partial charge in [-0.1, -0.05) is 53.2 Å². The molecule has 2 heterocycles. The molecule has 0 radical (unpaired) electrons. The maximum Gasteiger partial charge on any atom is 0.234 e. The van der Waals surface area contributed by atoms with Gasteiger partial charge in [0.15, 0.2) is 11.0 Å². The van der Waals surface area contributed by atoms with Gasteiger partial charge in [-0.3, -0.25) is 9.36 Å². The number of furan rings is 1. The molecule has 1 amide bonds. The van der Waals surface area contributed by atoms with Gasteiger partial charge < -0.3 is 9.73 Å². The van der Waals surface area contributed by atoms with Gasteiger partial charge in [0.2, 0.25) is 11.7 Å². The number of amides is 1. The summed E-state index contributed by atoms with van der Waals surface area (Å²) < 4.78 is 7.45. The lowest BCUT2D eigenvalue weighted by Gasteiger charge is -2.11. The third-order valence-corrected chi connectivity index (χ3v) is 6.50. The Labute approximate surface area is 210 Å². The average molecular weight is 500 g/mol. The van der Waals surface area contributed by atoms with Crippen molar-refractivity contribution in [2.45, 2.75) is 12.1 Å². The van der Waals surface area contributed by atoms with Gasteiger partial charge in [0, 0.05) is 21.7 Å². The molecule has 2 aromatic heterocycles. The van der Waals surface area contributed by atoms with E-state index >= 15 is 0 Å². The van der Waals surface area contributed by atoms with Crippen molar-refractivity contribution < 1.29 is 9.21 Å². The normalized spacial score (nSPS) is 10.9. The number of aromatic nitrogens is 3. The van der Waals surface area contributed by atoms with Crippen LogP contribution in [0.5, 0.6) is 0 Å². The molecule has 3 aromatic carbocycles. The lowest BCUT2D eigenvalue weighted by Crippen LogP contribution is -2.15. The first kappa shape index (κ1) is 22.7. The first-order valence-corrected chi connectivity index (χ1v) is 12.0. The summed E-state index contributed by atoms with van der Waals surface area (Å²) in [6, 6.07) is 24.5. The van der Waals surface area contributed by atoms with Crippen LogP contribution in [0, 0.1) is 18.3 Å². The molecule has 0 saturated carbocycles. The van der Waals surface area contributed by atoms with Crippen LogP contribution in [-0.4, -0.2) is 26.4 Å². The van der Waals surface area contributed by atoms with E-state index in [4.69, 9.17) is 16.0 Å². The topological polar surface area (TPSA) is 96.7 Å². The molecule has 0 fully saturated rings. The second-order valence-corrected chi connectivity index (χ2v) is 9.11. The molecule has 0 unspecified atom stereocenters. The van der Waals surface area contributed by atoms with E-state index in [0.717, 1.165) is 16.8 Å². The standard InChI is InChI=1S/C26H18ClN5O2S/c1-16-6-12-19(13-7-16)32-25(17-8-10-18(27)11-9-17)30-31-26(32)35-15-23(33)29-24-20-4-2-3-5-21(20)34-22(24)14-28/h2-13H,15H2,1H3,(H,29,33).